The molecule has 0 spiro atoms. The molecule has 18 heavy (non-hydrogen) atoms. The van der Waals surface area contributed by atoms with Crippen molar-refractivity contribution in [1.82, 2.24) is 9.97 Å². The summed E-state index contributed by atoms with van der Waals surface area (Å²) in [6.07, 6.45) is 2.96. The van der Waals surface area contributed by atoms with E-state index in [4.69, 9.17) is 4.74 Å². The lowest BCUT2D eigenvalue weighted by Crippen LogP contribution is -2.10. The van der Waals surface area contributed by atoms with Crippen LogP contribution in [0.2, 0.25) is 0 Å². The van der Waals surface area contributed by atoms with Crippen LogP contribution in [0.15, 0.2) is 4.47 Å². The second-order valence-corrected chi connectivity index (χ2v) is 4.88. The summed E-state index contributed by atoms with van der Waals surface area (Å²) in [7, 11) is 0. The Balaban J connectivity index is 2.83. The number of anilines is 1. The molecule has 0 fully saturated rings. The number of nitrogens with zero attached hydrogens (tertiary/aromatic N) is 2. The maximum absolute atomic E-state index is 5.50. The number of ether oxygens (including phenoxy) is 1. The molecule has 4 nitrogen and oxygen atoms in total. The third-order valence-corrected chi connectivity index (χ3v) is 3.26. The molecule has 1 N–H and O–H groups in total. The zero-order valence-corrected chi connectivity index (χ0v) is 13.0. The smallest absolute Gasteiger partial charge is 0.156 e. The Hall–Kier alpha value is -0.680. The summed E-state index contributed by atoms with van der Waals surface area (Å²) < 4.78 is 6.47. The van der Waals surface area contributed by atoms with Gasteiger partial charge >= 0.3 is 0 Å². The molecule has 102 valence electrons. The third kappa shape index (κ3) is 4.53. The highest BCUT2D eigenvalue weighted by Gasteiger charge is 2.10. The number of nitrogens with one attached hydrogen (secondary N) is 1. The monoisotopic (exact) mass is 315 g/mol. The fourth-order valence-electron chi connectivity index (χ4n) is 1.51. The molecule has 0 amide bonds. The van der Waals surface area contributed by atoms with Gasteiger partial charge in [0.25, 0.3) is 0 Å². The van der Waals surface area contributed by atoms with Crippen LogP contribution < -0.4 is 5.32 Å². The van der Waals surface area contributed by atoms with Crippen molar-refractivity contribution in [2.45, 2.75) is 46.6 Å². The van der Waals surface area contributed by atoms with E-state index in [1.807, 2.05) is 0 Å². The number of rotatable bonds is 8. The Morgan fingerprint density at radius 3 is 2.56 bits per heavy atom. The zero-order valence-electron chi connectivity index (χ0n) is 11.4. The van der Waals surface area contributed by atoms with Gasteiger partial charge in [-0.25, -0.2) is 9.97 Å². The molecule has 5 heteroatoms. The van der Waals surface area contributed by atoms with Gasteiger partial charge in [-0.1, -0.05) is 20.8 Å². The molecule has 0 aliphatic carbocycles. The molecule has 0 bridgehead atoms. The zero-order chi connectivity index (χ0) is 13.4. The van der Waals surface area contributed by atoms with Gasteiger partial charge in [-0.05, 0) is 35.2 Å². The first kappa shape index (κ1) is 15.4. The van der Waals surface area contributed by atoms with E-state index < -0.39 is 0 Å². The normalized spacial score (nSPS) is 10.7. The highest BCUT2D eigenvalue weighted by molar-refractivity contribution is 9.10. The molecule has 0 aliphatic heterocycles. The van der Waals surface area contributed by atoms with Crippen molar-refractivity contribution in [2.24, 2.45) is 0 Å². The molecular formula is C13H22BrN3O. The van der Waals surface area contributed by atoms with Gasteiger partial charge in [0.2, 0.25) is 0 Å². The lowest BCUT2D eigenvalue weighted by molar-refractivity contribution is 0.116. The van der Waals surface area contributed by atoms with Crippen LogP contribution in [-0.4, -0.2) is 23.1 Å². The molecule has 0 aliphatic rings. The molecule has 0 saturated heterocycles. The van der Waals surface area contributed by atoms with Gasteiger partial charge in [0, 0.05) is 13.2 Å². The van der Waals surface area contributed by atoms with Crippen molar-refractivity contribution in [1.29, 1.82) is 0 Å². The Bertz CT molecular complexity index is 371. The molecule has 0 saturated carbocycles. The van der Waals surface area contributed by atoms with E-state index in [9.17, 15) is 0 Å². The molecule has 0 atom stereocenters. The van der Waals surface area contributed by atoms with Gasteiger partial charge in [0.15, 0.2) is 5.82 Å². The van der Waals surface area contributed by atoms with Gasteiger partial charge in [0.1, 0.15) is 12.4 Å². The Morgan fingerprint density at radius 2 is 1.94 bits per heavy atom. The first-order valence-corrected chi connectivity index (χ1v) is 7.39. The van der Waals surface area contributed by atoms with Gasteiger partial charge in [-0.2, -0.15) is 0 Å². The summed E-state index contributed by atoms with van der Waals surface area (Å²) in [4.78, 5) is 9.00. The van der Waals surface area contributed by atoms with Crippen LogP contribution in [0.25, 0.3) is 0 Å². The topological polar surface area (TPSA) is 47.0 Å². The van der Waals surface area contributed by atoms with Crippen molar-refractivity contribution >= 4 is 21.7 Å². The highest BCUT2D eigenvalue weighted by Crippen LogP contribution is 2.24. The summed E-state index contributed by atoms with van der Waals surface area (Å²) in [6.45, 7) is 8.46. The summed E-state index contributed by atoms with van der Waals surface area (Å²) in [5.74, 6) is 1.63. The van der Waals surface area contributed by atoms with Crippen LogP contribution in [0, 0.1) is 0 Å². The fraction of sp³-hybridized carbons (Fsp3) is 0.692. The summed E-state index contributed by atoms with van der Waals surface area (Å²) in [5, 5.41) is 3.31. The van der Waals surface area contributed by atoms with Gasteiger partial charge < -0.3 is 10.1 Å². The van der Waals surface area contributed by atoms with Crippen LogP contribution in [0.5, 0.6) is 0 Å². The maximum atomic E-state index is 5.50. The summed E-state index contributed by atoms with van der Waals surface area (Å²) >= 11 is 3.56. The second-order valence-electron chi connectivity index (χ2n) is 4.08. The minimum Gasteiger partial charge on any atom is -0.373 e. The average molecular weight is 316 g/mol. The average Bonchev–Trinajstić information content (AvgIpc) is 2.39. The first-order valence-electron chi connectivity index (χ1n) is 6.59. The van der Waals surface area contributed by atoms with E-state index in [1.54, 1.807) is 0 Å². The lowest BCUT2D eigenvalue weighted by Gasteiger charge is -2.12. The van der Waals surface area contributed by atoms with E-state index in [1.165, 1.54) is 0 Å². The lowest BCUT2D eigenvalue weighted by atomic mass is 10.3. The standard InChI is InChI=1S/C13H22BrN3O/c1-4-7-15-13-12(14)10(6-3)16-11(17-13)9-18-8-5-2/h4-9H2,1-3H3,(H,15,16,17). The van der Waals surface area contributed by atoms with Crippen LogP contribution >= 0.6 is 15.9 Å². The van der Waals surface area contributed by atoms with E-state index in [0.29, 0.717) is 6.61 Å². The molecule has 1 aromatic heterocycles. The van der Waals surface area contributed by atoms with Crippen molar-refractivity contribution < 1.29 is 4.74 Å². The van der Waals surface area contributed by atoms with Crippen molar-refractivity contribution in [3.05, 3.63) is 16.0 Å². The predicted molar refractivity (Wildman–Crippen MR) is 77.8 cm³/mol. The van der Waals surface area contributed by atoms with Gasteiger partial charge in [-0.15, -0.1) is 0 Å². The minimum atomic E-state index is 0.481. The van der Waals surface area contributed by atoms with E-state index >= 15 is 0 Å². The molecule has 0 radical (unpaired) electrons. The predicted octanol–water partition coefficient (Wildman–Crippen LogP) is 3.55. The number of hydrogen-bond acceptors (Lipinski definition) is 4. The van der Waals surface area contributed by atoms with Crippen molar-refractivity contribution in [3.63, 3.8) is 0 Å². The second kappa shape index (κ2) is 8.43. The number of hydrogen-bond donors (Lipinski definition) is 1. The van der Waals surface area contributed by atoms with Crippen LogP contribution in [0.1, 0.15) is 45.1 Å². The summed E-state index contributed by atoms with van der Waals surface area (Å²) in [6, 6.07) is 0. The van der Waals surface area contributed by atoms with Crippen molar-refractivity contribution in [2.75, 3.05) is 18.5 Å². The highest BCUT2D eigenvalue weighted by atomic mass is 79.9. The van der Waals surface area contributed by atoms with Gasteiger partial charge in [-0.3, -0.25) is 0 Å². The summed E-state index contributed by atoms with van der Waals surface area (Å²) in [5.41, 5.74) is 1.03. The number of halogens is 1. The number of aromatic nitrogens is 2. The van der Waals surface area contributed by atoms with E-state index in [2.05, 4.69) is 52.0 Å². The quantitative estimate of drug-likeness (QED) is 0.745. The maximum Gasteiger partial charge on any atom is 0.156 e. The van der Waals surface area contributed by atoms with Crippen LogP contribution in [0.3, 0.4) is 0 Å². The fourth-order valence-corrected chi connectivity index (χ4v) is 2.11. The molecule has 0 aromatic carbocycles. The third-order valence-electron chi connectivity index (χ3n) is 2.42. The van der Waals surface area contributed by atoms with Gasteiger partial charge in [0.05, 0.1) is 10.2 Å². The molecule has 1 aromatic rings. The molecule has 1 heterocycles. The van der Waals surface area contributed by atoms with Crippen molar-refractivity contribution in [3.8, 4) is 0 Å². The Labute approximate surface area is 118 Å². The Kier molecular flexibility index (Phi) is 7.20. The SMILES string of the molecule is CCCNc1nc(COCCC)nc(CC)c1Br. The molecule has 0 unspecified atom stereocenters. The number of aryl methyl sites for hydroxylation is 1. The molecular weight excluding hydrogens is 294 g/mol. The van der Waals surface area contributed by atoms with Crippen LogP contribution in [-0.2, 0) is 17.8 Å². The van der Waals surface area contributed by atoms with E-state index in [-0.39, 0.29) is 0 Å². The largest absolute Gasteiger partial charge is 0.373 e. The first-order chi connectivity index (χ1) is 8.72. The molecule has 1 rings (SSSR count). The van der Waals surface area contributed by atoms with Crippen LogP contribution in [0.4, 0.5) is 5.82 Å². The minimum absolute atomic E-state index is 0.481. The Morgan fingerprint density at radius 1 is 1.17 bits per heavy atom. The van der Waals surface area contributed by atoms with E-state index in [0.717, 1.165) is 54.2 Å².